The minimum absolute atomic E-state index is 0.102. The summed E-state index contributed by atoms with van der Waals surface area (Å²) in [5.41, 5.74) is 2.38. The van der Waals surface area contributed by atoms with Crippen LogP contribution in [0.15, 0.2) is 41.5 Å². The molecule has 0 atom stereocenters. The predicted molar refractivity (Wildman–Crippen MR) is 95.7 cm³/mol. The van der Waals surface area contributed by atoms with Crippen molar-refractivity contribution < 1.29 is 9.18 Å². The van der Waals surface area contributed by atoms with Gasteiger partial charge >= 0.3 is 0 Å². The van der Waals surface area contributed by atoms with E-state index in [2.05, 4.69) is 10.4 Å². The summed E-state index contributed by atoms with van der Waals surface area (Å²) in [5.74, 6) is -0.961. The lowest BCUT2D eigenvalue weighted by Gasteiger charge is -2.09. The molecular weight excluding hydrogens is 335 g/mol. The number of nitrogens with one attached hydrogen (secondary N) is 1. The molecule has 0 aliphatic heterocycles. The van der Waals surface area contributed by atoms with Crippen LogP contribution in [-0.2, 0) is 24.2 Å². The minimum Gasteiger partial charge on any atom is -0.322 e. The second kappa shape index (κ2) is 6.74. The van der Waals surface area contributed by atoms with Crippen molar-refractivity contribution >= 4 is 17.1 Å². The number of rotatable bonds is 3. The molecule has 1 amide bonds. The van der Waals surface area contributed by atoms with Crippen molar-refractivity contribution in [2.24, 2.45) is 0 Å². The van der Waals surface area contributed by atoms with Gasteiger partial charge in [0, 0.05) is 18.0 Å². The lowest BCUT2D eigenvalue weighted by Crippen LogP contribution is -2.28. The molecule has 6 nitrogen and oxygen atoms in total. The van der Waals surface area contributed by atoms with Crippen LogP contribution in [-0.4, -0.2) is 20.1 Å². The van der Waals surface area contributed by atoms with E-state index in [1.54, 1.807) is 29.0 Å². The van der Waals surface area contributed by atoms with Gasteiger partial charge in [-0.15, -0.1) is 0 Å². The molecule has 1 N–H and O–H groups in total. The number of anilines is 1. The maximum atomic E-state index is 13.7. The van der Waals surface area contributed by atoms with Crippen molar-refractivity contribution in [1.82, 2.24) is 14.2 Å². The standard InChI is InChI=1S/C19H19FN4O2/c20-14-7-4-5-9-16(14)21-17(25)12-23-10-11-24-18(19(23)26)13-6-2-1-3-8-15(13)22-24/h4-5,7,9-11H,1-3,6,8,12H2,(H,21,25). The average molecular weight is 354 g/mol. The number of amides is 1. The van der Waals surface area contributed by atoms with E-state index < -0.39 is 11.7 Å². The van der Waals surface area contributed by atoms with Crippen LogP contribution in [0.4, 0.5) is 10.1 Å². The molecule has 134 valence electrons. The highest BCUT2D eigenvalue weighted by atomic mass is 19.1. The second-order valence-electron chi connectivity index (χ2n) is 6.54. The van der Waals surface area contributed by atoms with Gasteiger partial charge in [-0.1, -0.05) is 18.6 Å². The SMILES string of the molecule is O=C(Cn1ccn2nc3c(c2c1=O)CCCCC3)Nc1ccccc1F. The van der Waals surface area contributed by atoms with E-state index in [4.69, 9.17) is 0 Å². The van der Waals surface area contributed by atoms with Crippen LogP contribution in [0.3, 0.4) is 0 Å². The van der Waals surface area contributed by atoms with Crippen LogP contribution < -0.4 is 10.9 Å². The molecule has 1 aliphatic rings. The van der Waals surface area contributed by atoms with Crippen molar-refractivity contribution in [3.05, 3.63) is 64.1 Å². The number of hydrogen-bond donors (Lipinski definition) is 1. The number of para-hydroxylation sites is 1. The molecule has 0 fully saturated rings. The maximum absolute atomic E-state index is 13.7. The average Bonchev–Trinajstić information content (AvgIpc) is 2.82. The van der Waals surface area contributed by atoms with Crippen molar-refractivity contribution in [2.75, 3.05) is 5.32 Å². The molecular formula is C19H19FN4O2. The number of nitrogens with zero attached hydrogens (tertiary/aromatic N) is 3. The Morgan fingerprint density at radius 1 is 1.15 bits per heavy atom. The van der Waals surface area contributed by atoms with Crippen LogP contribution in [0.25, 0.3) is 5.52 Å². The molecule has 26 heavy (non-hydrogen) atoms. The van der Waals surface area contributed by atoms with Crippen molar-refractivity contribution in [2.45, 2.75) is 38.6 Å². The van der Waals surface area contributed by atoms with Gasteiger partial charge in [-0.25, -0.2) is 8.91 Å². The highest BCUT2D eigenvalue weighted by Crippen LogP contribution is 2.22. The van der Waals surface area contributed by atoms with Crippen LogP contribution in [0.5, 0.6) is 0 Å². The minimum atomic E-state index is -0.509. The number of hydrogen-bond acceptors (Lipinski definition) is 3. The molecule has 0 saturated heterocycles. The first-order chi connectivity index (χ1) is 12.6. The highest BCUT2D eigenvalue weighted by molar-refractivity contribution is 5.90. The van der Waals surface area contributed by atoms with E-state index in [1.807, 2.05) is 0 Å². The van der Waals surface area contributed by atoms with Crippen LogP contribution in [0.2, 0.25) is 0 Å². The van der Waals surface area contributed by atoms with E-state index in [-0.39, 0.29) is 17.8 Å². The monoisotopic (exact) mass is 354 g/mol. The topological polar surface area (TPSA) is 68.4 Å². The Kier molecular flexibility index (Phi) is 4.28. The molecule has 4 rings (SSSR count). The Morgan fingerprint density at radius 3 is 2.81 bits per heavy atom. The predicted octanol–water partition coefficient (Wildman–Crippen LogP) is 2.54. The Morgan fingerprint density at radius 2 is 1.96 bits per heavy atom. The zero-order valence-corrected chi connectivity index (χ0v) is 14.2. The van der Waals surface area contributed by atoms with Gasteiger partial charge in [0.25, 0.3) is 5.56 Å². The van der Waals surface area contributed by atoms with E-state index in [0.717, 1.165) is 43.4 Å². The van der Waals surface area contributed by atoms with Crippen LogP contribution in [0.1, 0.15) is 30.5 Å². The molecule has 2 heterocycles. The van der Waals surface area contributed by atoms with Crippen LogP contribution in [0, 0.1) is 5.82 Å². The molecule has 1 aromatic carbocycles. The Balaban J connectivity index is 1.64. The Bertz CT molecular complexity index is 1040. The number of benzene rings is 1. The summed E-state index contributed by atoms with van der Waals surface area (Å²) in [5, 5.41) is 7.03. The first-order valence-corrected chi connectivity index (χ1v) is 8.77. The fourth-order valence-corrected chi connectivity index (χ4v) is 3.46. The van der Waals surface area contributed by atoms with Crippen molar-refractivity contribution in [1.29, 1.82) is 0 Å². The first-order valence-electron chi connectivity index (χ1n) is 8.77. The van der Waals surface area contributed by atoms with E-state index in [9.17, 15) is 14.0 Å². The summed E-state index contributed by atoms with van der Waals surface area (Å²) in [6, 6.07) is 5.94. The molecule has 0 spiro atoms. The highest BCUT2D eigenvalue weighted by Gasteiger charge is 2.19. The Labute approximate surface area is 149 Å². The fraction of sp³-hybridized carbons (Fsp3) is 0.316. The number of aromatic nitrogens is 3. The molecule has 0 bridgehead atoms. The Hall–Kier alpha value is -2.96. The molecule has 0 saturated carbocycles. The van der Waals surface area contributed by atoms with Gasteiger partial charge in [0.1, 0.15) is 17.9 Å². The van der Waals surface area contributed by atoms with E-state index in [1.165, 1.54) is 16.7 Å². The van der Waals surface area contributed by atoms with Gasteiger partial charge in [0.05, 0.1) is 11.4 Å². The van der Waals surface area contributed by atoms with Gasteiger partial charge in [-0.05, 0) is 37.8 Å². The lowest BCUT2D eigenvalue weighted by atomic mass is 10.1. The molecule has 7 heteroatoms. The van der Waals surface area contributed by atoms with Gasteiger partial charge in [0.15, 0.2) is 0 Å². The lowest BCUT2D eigenvalue weighted by molar-refractivity contribution is -0.116. The molecule has 0 unspecified atom stereocenters. The maximum Gasteiger partial charge on any atom is 0.277 e. The third kappa shape index (κ3) is 3.00. The summed E-state index contributed by atoms with van der Waals surface area (Å²) in [6.45, 7) is -0.177. The van der Waals surface area contributed by atoms with Gasteiger partial charge in [-0.2, -0.15) is 5.10 Å². The first kappa shape index (κ1) is 16.5. The quantitative estimate of drug-likeness (QED) is 0.735. The molecule has 2 aromatic heterocycles. The number of carbonyl (C=O) groups excluding carboxylic acids is 1. The fourth-order valence-electron chi connectivity index (χ4n) is 3.46. The van der Waals surface area contributed by atoms with Gasteiger partial charge in [0.2, 0.25) is 5.91 Å². The van der Waals surface area contributed by atoms with Crippen molar-refractivity contribution in [3.63, 3.8) is 0 Å². The third-order valence-corrected chi connectivity index (χ3v) is 4.75. The second-order valence-corrected chi connectivity index (χ2v) is 6.54. The molecule has 0 radical (unpaired) electrons. The van der Waals surface area contributed by atoms with Crippen LogP contribution >= 0.6 is 0 Å². The van der Waals surface area contributed by atoms with Crippen molar-refractivity contribution in [3.8, 4) is 0 Å². The number of aryl methyl sites for hydroxylation is 2. The summed E-state index contributed by atoms with van der Waals surface area (Å²) >= 11 is 0. The summed E-state index contributed by atoms with van der Waals surface area (Å²) in [6.07, 6.45) is 8.20. The largest absolute Gasteiger partial charge is 0.322 e. The zero-order chi connectivity index (χ0) is 18.1. The molecule has 3 aromatic rings. The third-order valence-electron chi connectivity index (χ3n) is 4.75. The number of fused-ring (bicyclic) bond motifs is 3. The van der Waals surface area contributed by atoms with E-state index >= 15 is 0 Å². The summed E-state index contributed by atoms with van der Waals surface area (Å²) in [7, 11) is 0. The number of halogens is 1. The van der Waals surface area contributed by atoms with E-state index in [0.29, 0.717) is 5.52 Å². The normalized spacial score (nSPS) is 14.0. The zero-order valence-electron chi connectivity index (χ0n) is 14.2. The van der Waals surface area contributed by atoms with Gasteiger partial charge < -0.3 is 9.88 Å². The molecule has 1 aliphatic carbocycles. The summed E-state index contributed by atoms with van der Waals surface area (Å²) in [4.78, 5) is 25.1. The van der Waals surface area contributed by atoms with Gasteiger partial charge in [-0.3, -0.25) is 9.59 Å². The number of carbonyl (C=O) groups is 1. The summed E-state index contributed by atoms with van der Waals surface area (Å²) < 4.78 is 16.6. The smallest absolute Gasteiger partial charge is 0.277 e.